The van der Waals surface area contributed by atoms with E-state index in [1.165, 1.54) is 17.8 Å². The van der Waals surface area contributed by atoms with Crippen LogP contribution in [0.15, 0.2) is 66.3 Å². The Bertz CT molecular complexity index is 1070. The first-order chi connectivity index (χ1) is 12.3. The van der Waals surface area contributed by atoms with E-state index in [1.807, 2.05) is 34.9 Å². The first-order valence-electron chi connectivity index (χ1n) is 7.86. The average molecular weight is 350 g/mol. The number of hydrogen-bond donors (Lipinski definition) is 0. The maximum atomic E-state index is 14.2. The van der Waals surface area contributed by atoms with Gasteiger partial charge in [-0.1, -0.05) is 54.2 Å². The van der Waals surface area contributed by atoms with Crippen molar-refractivity contribution in [2.24, 2.45) is 0 Å². The van der Waals surface area contributed by atoms with Gasteiger partial charge in [0.05, 0.1) is 12.1 Å². The van der Waals surface area contributed by atoms with Gasteiger partial charge in [-0.15, -0.1) is 16.8 Å². The number of aromatic nitrogens is 4. The summed E-state index contributed by atoms with van der Waals surface area (Å²) >= 11 is 1.47. The lowest BCUT2D eigenvalue weighted by Crippen LogP contribution is -2.04. The highest BCUT2D eigenvalue weighted by atomic mass is 32.2. The summed E-state index contributed by atoms with van der Waals surface area (Å²) in [5, 5.41) is 10.1. The number of benzene rings is 2. The first kappa shape index (κ1) is 15.8. The summed E-state index contributed by atoms with van der Waals surface area (Å²) in [7, 11) is 0. The zero-order valence-corrected chi connectivity index (χ0v) is 14.2. The lowest BCUT2D eigenvalue weighted by molar-refractivity contribution is 0.603. The smallest absolute Gasteiger partial charge is 0.211 e. The topological polar surface area (TPSA) is 43.6 Å². The van der Waals surface area contributed by atoms with Crippen molar-refractivity contribution >= 4 is 33.8 Å². The molecule has 0 aliphatic heterocycles. The first-order valence-corrected chi connectivity index (χ1v) is 8.85. The molecular formula is C19H15FN4S. The standard InChI is InChI=1S/C19H15FN4S/c1-2-11-25-19-21-18-17(22-23-19)14-8-4-6-10-16(14)24(18)12-13-7-3-5-9-15(13)20/h2-10H,1,11-12H2. The maximum Gasteiger partial charge on any atom is 0.211 e. The summed E-state index contributed by atoms with van der Waals surface area (Å²) in [6.07, 6.45) is 1.80. The zero-order valence-electron chi connectivity index (χ0n) is 13.4. The number of thioether (sulfide) groups is 1. The average Bonchev–Trinajstić information content (AvgIpc) is 2.95. The van der Waals surface area contributed by atoms with E-state index in [4.69, 9.17) is 0 Å². The van der Waals surface area contributed by atoms with Crippen LogP contribution in [-0.4, -0.2) is 25.5 Å². The second kappa shape index (κ2) is 6.64. The van der Waals surface area contributed by atoms with Crippen LogP contribution >= 0.6 is 11.8 Å². The molecule has 2 heterocycles. The quantitative estimate of drug-likeness (QED) is 0.394. The molecule has 0 radical (unpaired) electrons. The predicted octanol–water partition coefficient (Wildman–Crippen LogP) is 4.45. The van der Waals surface area contributed by atoms with Crippen LogP contribution in [-0.2, 0) is 6.54 Å². The van der Waals surface area contributed by atoms with Crippen LogP contribution in [0, 0.1) is 5.82 Å². The Hall–Kier alpha value is -2.73. The number of para-hydroxylation sites is 1. The van der Waals surface area contributed by atoms with Crippen molar-refractivity contribution in [2.75, 3.05) is 5.75 Å². The van der Waals surface area contributed by atoms with E-state index in [2.05, 4.69) is 21.8 Å². The molecule has 0 amide bonds. The highest BCUT2D eigenvalue weighted by molar-refractivity contribution is 7.99. The molecule has 0 fully saturated rings. The van der Waals surface area contributed by atoms with Gasteiger partial charge in [-0.25, -0.2) is 9.37 Å². The van der Waals surface area contributed by atoms with Crippen molar-refractivity contribution in [1.29, 1.82) is 0 Å². The molecule has 0 N–H and O–H groups in total. The van der Waals surface area contributed by atoms with Crippen molar-refractivity contribution in [3.8, 4) is 0 Å². The highest BCUT2D eigenvalue weighted by Crippen LogP contribution is 2.28. The lowest BCUT2D eigenvalue weighted by atomic mass is 10.2. The molecule has 0 aliphatic carbocycles. The summed E-state index contributed by atoms with van der Waals surface area (Å²) in [4.78, 5) is 4.66. The molecule has 0 aliphatic rings. The molecule has 0 saturated heterocycles. The van der Waals surface area contributed by atoms with Crippen molar-refractivity contribution in [2.45, 2.75) is 11.7 Å². The molecule has 0 bridgehead atoms. The summed E-state index contributed by atoms with van der Waals surface area (Å²) in [6, 6.07) is 14.7. The number of rotatable bonds is 5. The molecule has 6 heteroatoms. The summed E-state index contributed by atoms with van der Waals surface area (Å²) in [5.41, 5.74) is 3.03. The molecule has 0 spiro atoms. The third kappa shape index (κ3) is 2.89. The van der Waals surface area contributed by atoms with Gasteiger partial charge >= 0.3 is 0 Å². The summed E-state index contributed by atoms with van der Waals surface area (Å²) < 4.78 is 16.1. The van der Waals surface area contributed by atoms with Crippen LogP contribution in [0.25, 0.3) is 22.1 Å². The van der Waals surface area contributed by atoms with Crippen molar-refractivity contribution in [3.63, 3.8) is 0 Å². The van der Waals surface area contributed by atoms with Gasteiger partial charge in [0.2, 0.25) is 5.16 Å². The van der Waals surface area contributed by atoms with Gasteiger partial charge in [-0.2, -0.15) is 0 Å². The zero-order chi connectivity index (χ0) is 17.2. The Kier molecular flexibility index (Phi) is 4.19. The van der Waals surface area contributed by atoms with E-state index in [0.717, 1.165) is 16.4 Å². The van der Waals surface area contributed by atoms with E-state index >= 15 is 0 Å². The van der Waals surface area contributed by atoms with Gasteiger partial charge in [0, 0.05) is 16.7 Å². The van der Waals surface area contributed by atoms with Crippen molar-refractivity contribution in [1.82, 2.24) is 19.7 Å². The van der Waals surface area contributed by atoms with Crippen LogP contribution in [0.5, 0.6) is 0 Å². The Balaban J connectivity index is 1.92. The van der Waals surface area contributed by atoms with E-state index in [-0.39, 0.29) is 5.82 Å². The largest absolute Gasteiger partial charge is 0.319 e. The molecule has 4 rings (SSSR count). The van der Waals surface area contributed by atoms with E-state index in [1.54, 1.807) is 18.2 Å². The third-order valence-corrected chi connectivity index (χ3v) is 4.80. The summed E-state index contributed by atoms with van der Waals surface area (Å²) in [6.45, 7) is 4.10. The second-order valence-corrected chi connectivity index (χ2v) is 6.55. The molecule has 124 valence electrons. The minimum absolute atomic E-state index is 0.225. The number of fused-ring (bicyclic) bond motifs is 3. The van der Waals surface area contributed by atoms with Gasteiger partial charge in [-0.3, -0.25) is 0 Å². The molecule has 0 atom stereocenters. The third-order valence-electron chi connectivity index (χ3n) is 3.97. The van der Waals surface area contributed by atoms with Crippen LogP contribution in [0.4, 0.5) is 4.39 Å². The van der Waals surface area contributed by atoms with E-state index < -0.39 is 0 Å². The monoisotopic (exact) mass is 350 g/mol. The Labute approximate surface area is 148 Å². The molecule has 2 aromatic heterocycles. The van der Waals surface area contributed by atoms with Gasteiger partial charge in [0.15, 0.2) is 5.65 Å². The van der Waals surface area contributed by atoms with Crippen LogP contribution in [0.3, 0.4) is 0 Å². The fourth-order valence-corrected chi connectivity index (χ4v) is 3.36. The van der Waals surface area contributed by atoms with Crippen LogP contribution < -0.4 is 0 Å². The van der Waals surface area contributed by atoms with E-state index in [0.29, 0.717) is 28.7 Å². The molecule has 0 unspecified atom stereocenters. The van der Waals surface area contributed by atoms with Crippen LogP contribution in [0.1, 0.15) is 5.56 Å². The van der Waals surface area contributed by atoms with E-state index in [9.17, 15) is 4.39 Å². The van der Waals surface area contributed by atoms with Gasteiger partial charge < -0.3 is 4.57 Å². The Morgan fingerprint density at radius 3 is 2.72 bits per heavy atom. The van der Waals surface area contributed by atoms with Gasteiger partial charge in [-0.05, 0) is 12.1 Å². The van der Waals surface area contributed by atoms with Gasteiger partial charge in [0.1, 0.15) is 11.3 Å². The molecule has 2 aromatic carbocycles. The SMILES string of the molecule is C=CCSc1nnc2c3ccccc3n(Cc3ccccc3F)c2n1. The molecule has 4 nitrogen and oxygen atoms in total. The molecule has 25 heavy (non-hydrogen) atoms. The minimum Gasteiger partial charge on any atom is -0.319 e. The molecular weight excluding hydrogens is 335 g/mol. The Morgan fingerprint density at radius 2 is 1.88 bits per heavy atom. The predicted molar refractivity (Wildman–Crippen MR) is 99.3 cm³/mol. The Morgan fingerprint density at radius 1 is 1.08 bits per heavy atom. The maximum absolute atomic E-state index is 14.2. The number of halogens is 1. The fraction of sp³-hybridized carbons (Fsp3) is 0.105. The number of nitrogens with zero attached hydrogens (tertiary/aromatic N) is 4. The normalized spacial score (nSPS) is 11.2. The molecule has 0 saturated carbocycles. The molecule has 4 aromatic rings. The highest BCUT2D eigenvalue weighted by Gasteiger charge is 2.15. The van der Waals surface area contributed by atoms with Crippen LogP contribution in [0.2, 0.25) is 0 Å². The van der Waals surface area contributed by atoms with Gasteiger partial charge in [0.25, 0.3) is 0 Å². The number of hydrogen-bond acceptors (Lipinski definition) is 4. The minimum atomic E-state index is -0.225. The fourth-order valence-electron chi connectivity index (χ4n) is 2.84. The lowest BCUT2D eigenvalue weighted by Gasteiger charge is -2.08. The van der Waals surface area contributed by atoms with Crippen molar-refractivity contribution < 1.29 is 4.39 Å². The second-order valence-electron chi connectivity index (χ2n) is 5.56. The summed E-state index contributed by atoms with van der Waals surface area (Å²) in [5.74, 6) is 0.484. The van der Waals surface area contributed by atoms with Crippen molar-refractivity contribution in [3.05, 3.63) is 72.6 Å².